The summed E-state index contributed by atoms with van der Waals surface area (Å²) < 4.78 is 0. The van der Waals surface area contributed by atoms with Crippen molar-refractivity contribution in [2.75, 3.05) is 57.1 Å². The fraction of sp³-hybridized carbons (Fsp3) is 0.613. The summed E-state index contributed by atoms with van der Waals surface area (Å²) in [4.78, 5) is 230. The van der Waals surface area contributed by atoms with Gasteiger partial charge in [-0.1, -0.05) is 26.0 Å². The minimum atomic E-state index is -1.97. The van der Waals surface area contributed by atoms with Gasteiger partial charge in [0, 0.05) is 25.3 Å². The fourth-order valence-corrected chi connectivity index (χ4v) is 10.7. The molecule has 0 saturated carbocycles. The number of phenols is 1. The van der Waals surface area contributed by atoms with E-state index < -0.39 is 212 Å². The number of nitrogens with two attached hydrogens (primary N) is 5. The number of carbonyl (C=O) groups is 17. The van der Waals surface area contributed by atoms with Gasteiger partial charge in [-0.25, -0.2) is 4.79 Å². The number of hydrogen-bond acceptors (Lipinski definition) is 24. The van der Waals surface area contributed by atoms with Gasteiger partial charge >= 0.3 is 17.9 Å². The van der Waals surface area contributed by atoms with Crippen LogP contribution in [0.2, 0.25) is 0 Å². The number of carboxylic acids is 3. The van der Waals surface area contributed by atoms with Gasteiger partial charge in [0.1, 0.15) is 72.2 Å². The molecular weight excluding hydrogens is 1430 g/mol. The predicted octanol–water partition coefficient (Wildman–Crippen LogP) is -8.83. The lowest BCUT2D eigenvalue weighted by Gasteiger charge is -2.27. The number of carbonyl (C=O) groups excluding carboxylic acids is 14. The van der Waals surface area contributed by atoms with Crippen molar-refractivity contribution in [3.05, 3.63) is 29.8 Å². The summed E-state index contributed by atoms with van der Waals surface area (Å²) in [6.07, 6.45) is -1.16. The zero-order valence-electron chi connectivity index (χ0n) is 58.5. The second-order valence-electron chi connectivity index (χ2n) is 24.7. The summed E-state index contributed by atoms with van der Waals surface area (Å²) in [5.41, 5.74) is 28.0. The minimum Gasteiger partial charge on any atom is -0.508 e. The number of phenolic OH excluding ortho intramolecular Hbond substituents is 1. The molecule has 1 aliphatic heterocycles. The molecule has 0 aromatic heterocycles. The van der Waals surface area contributed by atoms with E-state index in [1.165, 1.54) is 36.0 Å². The summed E-state index contributed by atoms with van der Waals surface area (Å²) >= 11 is 5.21. The van der Waals surface area contributed by atoms with Crippen LogP contribution in [0.5, 0.6) is 5.75 Å². The molecule has 1 heterocycles. The Morgan fingerprint density at radius 3 is 1.58 bits per heavy atom. The number of aliphatic imine (C=N–C) groups is 1. The SMILES string of the molecule is CSCC[C@H](NC(=O)CNC(=O)[C@@H]1CCCN1C(=O)CNC(=O)[C@H](CC(C)C)NC(=O)[C@H](CCCN=C(N)N)NC(=O)[C@H](CC(=O)O)NC(=O)[C@@H](N)CS)C(=O)N[C@@H](C)C(=O)N[C@@H](CC(=O)O)C(=O)N[C@@H](CCCCN)C(=O)N[C@@H](CC(N)=O)C(=O)N[C@@H](Cc1ccc(O)cc1)C(=O)N[C@@H](CO)C(=O)O. The van der Waals surface area contributed by atoms with Crippen LogP contribution < -0.4 is 92.5 Å². The molecule has 0 spiro atoms. The second kappa shape index (κ2) is 47.3. The Kier molecular flexibility index (Phi) is 40.9. The number of benzene rings is 1. The molecule has 0 aliphatic carbocycles. The van der Waals surface area contributed by atoms with Crippen molar-refractivity contribution in [2.24, 2.45) is 39.6 Å². The van der Waals surface area contributed by atoms with Gasteiger partial charge in [-0.3, -0.25) is 81.7 Å². The van der Waals surface area contributed by atoms with E-state index in [4.69, 9.17) is 28.7 Å². The number of aliphatic hydroxyl groups excluding tert-OH is 1. The molecule has 1 aromatic carbocycles. The van der Waals surface area contributed by atoms with Gasteiger partial charge in [0.2, 0.25) is 82.7 Å². The van der Waals surface area contributed by atoms with Crippen LogP contribution in [0.15, 0.2) is 29.3 Å². The first-order valence-electron chi connectivity index (χ1n) is 33.3. The number of unbranched alkanes of at least 4 members (excludes halogenated alkanes) is 1. The molecule has 27 N–H and O–H groups in total. The van der Waals surface area contributed by atoms with E-state index in [0.29, 0.717) is 12.0 Å². The van der Waals surface area contributed by atoms with E-state index in [0.717, 1.165) is 11.8 Å². The third-order valence-corrected chi connectivity index (χ3v) is 16.7. The Balaban J connectivity index is 2.23. The average Bonchev–Trinajstić information content (AvgIpc) is 1.81. The van der Waals surface area contributed by atoms with E-state index in [1.807, 2.05) is 0 Å². The first kappa shape index (κ1) is 90.9. The Labute approximate surface area is 613 Å². The van der Waals surface area contributed by atoms with Crippen LogP contribution in [0, 0.1) is 5.92 Å². The molecule has 1 aliphatic rings. The molecule has 14 amide bonds. The topological polar surface area (TPSA) is 681 Å². The number of aliphatic hydroxyl groups is 1. The van der Waals surface area contributed by atoms with E-state index in [2.05, 4.69) is 81.4 Å². The number of thioether (sulfide) groups is 1. The highest BCUT2D eigenvalue weighted by Crippen LogP contribution is 2.19. The molecule has 1 fully saturated rings. The van der Waals surface area contributed by atoms with Gasteiger partial charge in [-0.2, -0.15) is 24.4 Å². The van der Waals surface area contributed by atoms with E-state index >= 15 is 0 Å². The lowest BCUT2D eigenvalue weighted by Crippen LogP contribution is -2.60. The third kappa shape index (κ3) is 34.3. The standard InChI is InChI=1S/C62H99N19O22S2/c1-30(2)21-38(77-55(96)36(10-7-18-68-62(66)67)74-59(100)42(25-49(89)90)76-51(92)34(64)29-104)52(93)70-27-47(86)81-19-8-11-44(81)60(101)69-26-46(85)72-37(16-20-105-4)53(94)71-31(3)50(91)75-41(24-48(87)88)58(99)73-35(9-5-6-17-63)54(95)79-40(23-45(65)84)57(98)78-39(22-32-12-14-33(83)15-13-32)56(97)80-43(28-82)61(102)103/h12-15,30-31,34-44,82-83,104H,5-11,16-29,63-64H2,1-4H3,(H2,65,84)(H,69,101)(H,70,93)(H,71,94)(H,72,85)(H,73,99)(H,74,100)(H,75,91)(H,76,92)(H,77,96)(H,78,98)(H,79,95)(H,80,97)(H,87,88)(H,89,90)(H,102,103)(H4,66,67,68)/t31-,34-,35-,36-,37-,38-,39-,40-,41-,42-,43-,44-/m0/s1. The second-order valence-corrected chi connectivity index (χ2v) is 26.1. The molecule has 2 rings (SSSR count). The maximum atomic E-state index is 14.0. The van der Waals surface area contributed by atoms with E-state index in [1.54, 1.807) is 20.1 Å². The highest BCUT2D eigenvalue weighted by Gasteiger charge is 2.39. The Hall–Kier alpha value is -10.1. The minimum absolute atomic E-state index is 0.00137. The molecule has 586 valence electrons. The first-order valence-corrected chi connectivity index (χ1v) is 35.3. The quantitative estimate of drug-likeness (QED) is 0.0125. The van der Waals surface area contributed by atoms with Gasteiger partial charge in [-0.15, -0.1) is 0 Å². The number of amides is 14. The van der Waals surface area contributed by atoms with Crippen molar-refractivity contribution < 1.29 is 107 Å². The lowest BCUT2D eigenvalue weighted by atomic mass is 10.0. The summed E-state index contributed by atoms with van der Waals surface area (Å²) in [6.45, 7) is 2.25. The van der Waals surface area contributed by atoms with Crippen LogP contribution in [-0.2, 0) is 87.9 Å². The number of hydrogen-bond donors (Lipinski definition) is 23. The van der Waals surface area contributed by atoms with Crippen molar-refractivity contribution >= 4 is 131 Å². The maximum Gasteiger partial charge on any atom is 0.328 e. The van der Waals surface area contributed by atoms with Crippen molar-refractivity contribution in [3.63, 3.8) is 0 Å². The summed E-state index contributed by atoms with van der Waals surface area (Å²) in [6, 6.07) is -13.6. The van der Waals surface area contributed by atoms with Gasteiger partial charge < -0.3 is 123 Å². The highest BCUT2D eigenvalue weighted by molar-refractivity contribution is 7.98. The maximum absolute atomic E-state index is 14.0. The summed E-state index contributed by atoms with van der Waals surface area (Å²) in [5.74, 6) is -19.6. The fourth-order valence-electron chi connectivity index (χ4n) is 10.1. The number of nitrogens with zero attached hydrogens (tertiary/aromatic N) is 2. The van der Waals surface area contributed by atoms with Gasteiger partial charge in [0.05, 0.1) is 45.0 Å². The number of guanidine groups is 1. The number of aromatic hydroxyl groups is 1. The van der Waals surface area contributed by atoms with Crippen molar-refractivity contribution in [2.45, 2.75) is 177 Å². The number of nitrogens with one attached hydrogen (secondary N) is 12. The zero-order valence-corrected chi connectivity index (χ0v) is 60.2. The molecule has 0 unspecified atom stereocenters. The van der Waals surface area contributed by atoms with Gasteiger partial charge in [0.25, 0.3) is 0 Å². The largest absolute Gasteiger partial charge is 0.508 e. The molecule has 43 heteroatoms. The normalized spacial score (nSPS) is 15.6. The third-order valence-electron chi connectivity index (χ3n) is 15.6. The van der Waals surface area contributed by atoms with Gasteiger partial charge in [0.15, 0.2) is 5.96 Å². The van der Waals surface area contributed by atoms with Crippen molar-refractivity contribution in [1.29, 1.82) is 0 Å². The molecule has 1 saturated heterocycles. The molecule has 0 bridgehead atoms. The zero-order chi connectivity index (χ0) is 79.2. The molecular formula is C62H99N19O22S2. The predicted molar refractivity (Wildman–Crippen MR) is 378 cm³/mol. The summed E-state index contributed by atoms with van der Waals surface area (Å²) in [5, 5.41) is 76.2. The van der Waals surface area contributed by atoms with Crippen LogP contribution in [0.1, 0.15) is 103 Å². The van der Waals surface area contributed by atoms with Crippen LogP contribution >= 0.6 is 24.4 Å². The molecule has 105 heavy (non-hydrogen) atoms. The monoisotopic (exact) mass is 1530 g/mol. The van der Waals surface area contributed by atoms with Crippen LogP contribution in [-0.4, -0.2) is 267 Å². The first-order chi connectivity index (χ1) is 49.4. The molecule has 0 radical (unpaired) electrons. The van der Waals surface area contributed by atoms with Crippen molar-refractivity contribution in [1.82, 2.24) is 68.7 Å². The van der Waals surface area contributed by atoms with Crippen LogP contribution in [0.25, 0.3) is 0 Å². The van der Waals surface area contributed by atoms with Crippen molar-refractivity contribution in [3.8, 4) is 5.75 Å². The molecule has 12 atom stereocenters. The number of primary amides is 1. The number of likely N-dealkylation sites (tertiary alicyclic amines) is 1. The average molecular weight is 1530 g/mol. The lowest BCUT2D eigenvalue weighted by molar-refractivity contribution is -0.143. The number of carboxylic acid groups (broad SMARTS) is 3. The number of aliphatic carboxylic acids is 3. The van der Waals surface area contributed by atoms with E-state index in [9.17, 15) is 107 Å². The number of rotatable bonds is 49. The summed E-state index contributed by atoms with van der Waals surface area (Å²) in [7, 11) is 0. The Morgan fingerprint density at radius 1 is 0.581 bits per heavy atom. The molecule has 41 nitrogen and oxygen atoms in total. The number of thiol groups is 1. The Bertz CT molecular complexity index is 3240. The molecule has 1 aromatic rings. The van der Waals surface area contributed by atoms with Crippen LogP contribution in [0.3, 0.4) is 0 Å². The smallest absolute Gasteiger partial charge is 0.328 e. The Morgan fingerprint density at radius 2 is 1.07 bits per heavy atom. The highest BCUT2D eigenvalue weighted by atomic mass is 32.2. The van der Waals surface area contributed by atoms with E-state index in [-0.39, 0.29) is 107 Å². The van der Waals surface area contributed by atoms with Crippen LogP contribution in [0.4, 0.5) is 0 Å². The van der Waals surface area contributed by atoms with Gasteiger partial charge in [-0.05, 0) is 107 Å².